The van der Waals surface area contributed by atoms with Crippen molar-refractivity contribution in [2.45, 2.75) is 297 Å². The molecule has 0 radical (unpaired) electrons. The fraction of sp³-hybridized carbons (Fsp3) is 0.847. The predicted octanol–water partition coefficient (Wildman–Crippen LogP) is 17.5. The lowest BCUT2D eigenvalue weighted by Gasteiger charge is -2.30. The Bertz CT molecular complexity index is 1300. The number of aliphatic hydroxyl groups is 1. The summed E-state index contributed by atoms with van der Waals surface area (Å²) < 4.78 is 35.5. The molecule has 0 aliphatic carbocycles. The summed E-state index contributed by atoms with van der Waals surface area (Å²) in [6.07, 6.45) is 57.7. The molecule has 1 N–H and O–H groups in total. The maximum absolute atomic E-state index is 14.3. The van der Waals surface area contributed by atoms with E-state index in [2.05, 4.69) is 57.2 Å². The van der Waals surface area contributed by atoms with E-state index in [1.807, 2.05) is 0 Å². The van der Waals surface area contributed by atoms with Gasteiger partial charge < -0.3 is 5.11 Å². The van der Waals surface area contributed by atoms with Crippen molar-refractivity contribution in [3.63, 3.8) is 0 Å². The average molecular weight is 978 g/mol. The Morgan fingerprint density at radius 1 is 0.397 bits per heavy atom. The standard InChI is InChI=1S/C59H108O8S/c1-4-7-10-13-16-19-22-25-28-31-34-37-40-43-46-49-56(61)54-59(55-67-68(64,65)66-53-52-60,57(62)50-47-44-41-38-35-32-29-26-23-20-17-14-11-8-5-2)58(63)51-48-45-42-39-36-33-30-27-24-21-18-15-12-9-6-3/h25-30,60H,4-24,31-55H2,1-3H3. The first-order chi connectivity index (χ1) is 33.2. The molecule has 0 unspecified atom stereocenters. The van der Waals surface area contributed by atoms with Crippen molar-refractivity contribution in [2.24, 2.45) is 5.41 Å². The van der Waals surface area contributed by atoms with E-state index in [0.717, 1.165) is 116 Å². The Kier molecular flexibility index (Phi) is 48.6. The normalized spacial score (nSPS) is 13.1. The Morgan fingerprint density at radius 3 is 0.985 bits per heavy atom. The molecule has 0 aliphatic rings. The quantitative estimate of drug-likeness (QED) is 0.0363. The smallest absolute Gasteiger partial charge is 0.394 e. The first kappa shape index (κ1) is 66.1. The highest BCUT2D eigenvalue weighted by Crippen LogP contribution is 2.33. The van der Waals surface area contributed by atoms with Crippen molar-refractivity contribution >= 4 is 27.7 Å². The third-order valence-electron chi connectivity index (χ3n) is 13.4. The molecule has 0 fully saturated rings. The first-order valence-corrected chi connectivity index (χ1v) is 30.2. The molecule has 9 heteroatoms. The predicted molar refractivity (Wildman–Crippen MR) is 288 cm³/mol. The van der Waals surface area contributed by atoms with Gasteiger partial charge in [0.25, 0.3) is 0 Å². The van der Waals surface area contributed by atoms with Crippen LogP contribution >= 0.6 is 0 Å². The van der Waals surface area contributed by atoms with E-state index in [9.17, 15) is 27.9 Å². The van der Waals surface area contributed by atoms with Gasteiger partial charge in [0.15, 0.2) is 0 Å². The van der Waals surface area contributed by atoms with Crippen LogP contribution in [-0.4, -0.2) is 50.7 Å². The zero-order valence-electron chi connectivity index (χ0n) is 44.7. The molecule has 398 valence electrons. The minimum Gasteiger partial charge on any atom is -0.394 e. The van der Waals surface area contributed by atoms with E-state index in [-0.39, 0.29) is 31.5 Å². The van der Waals surface area contributed by atoms with Gasteiger partial charge in [-0.25, -0.2) is 8.37 Å². The highest BCUT2D eigenvalue weighted by atomic mass is 32.3. The second-order valence-electron chi connectivity index (χ2n) is 19.9. The number of rotatable bonds is 55. The van der Waals surface area contributed by atoms with Gasteiger partial charge in [0.05, 0.1) is 19.8 Å². The fourth-order valence-electron chi connectivity index (χ4n) is 8.92. The Balaban J connectivity index is 5.39. The van der Waals surface area contributed by atoms with Gasteiger partial charge in [-0.3, -0.25) is 14.4 Å². The van der Waals surface area contributed by atoms with Gasteiger partial charge in [0, 0.05) is 25.7 Å². The van der Waals surface area contributed by atoms with E-state index in [1.54, 1.807) is 0 Å². The molecule has 68 heavy (non-hydrogen) atoms. The zero-order valence-corrected chi connectivity index (χ0v) is 45.5. The SMILES string of the molecule is CCCCCCCCC=CCCCCCCCC(=O)CC(COS(=O)(=O)OCCO)(C(=O)CCCCCCCC=CCCCCCCCC)C(=O)CCCCCCCC=CCCCCCCCC. The van der Waals surface area contributed by atoms with Crippen molar-refractivity contribution in [1.82, 2.24) is 0 Å². The van der Waals surface area contributed by atoms with Crippen LogP contribution in [0.25, 0.3) is 0 Å². The molecule has 0 saturated heterocycles. The summed E-state index contributed by atoms with van der Waals surface area (Å²) in [5.74, 6) is -1.04. The number of hydrogen-bond acceptors (Lipinski definition) is 8. The van der Waals surface area contributed by atoms with Crippen LogP contribution in [0.15, 0.2) is 36.5 Å². The molecule has 0 aromatic heterocycles. The molecule has 0 aliphatic heterocycles. The summed E-state index contributed by atoms with van der Waals surface area (Å²) in [7, 11) is -4.62. The number of Topliss-reactive ketones (excluding diaryl/α,β-unsaturated/α-hetero) is 3. The summed E-state index contributed by atoms with van der Waals surface area (Å²) >= 11 is 0. The number of carbonyl (C=O) groups is 3. The fourth-order valence-corrected chi connectivity index (χ4v) is 9.61. The van der Waals surface area contributed by atoms with Crippen LogP contribution in [-0.2, 0) is 33.1 Å². The third-order valence-corrected chi connectivity index (χ3v) is 14.2. The van der Waals surface area contributed by atoms with Gasteiger partial charge in [-0.05, 0) is 96.3 Å². The number of hydrogen-bond donors (Lipinski definition) is 1. The maximum Gasteiger partial charge on any atom is 0.399 e. The number of allylic oxidation sites excluding steroid dienone is 6. The molecule has 0 saturated carbocycles. The van der Waals surface area contributed by atoms with E-state index in [0.29, 0.717) is 19.3 Å². The number of carbonyl (C=O) groups excluding carboxylic acids is 3. The van der Waals surface area contributed by atoms with Gasteiger partial charge in [0.1, 0.15) is 22.8 Å². The van der Waals surface area contributed by atoms with Gasteiger partial charge in [-0.1, -0.05) is 211 Å². The minimum absolute atomic E-state index is 0.0812. The summed E-state index contributed by atoms with van der Waals surface area (Å²) in [6, 6.07) is 0. The lowest BCUT2D eigenvalue weighted by molar-refractivity contribution is -0.147. The van der Waals surface area contributed by atoms with Crippen molar-refractivity contribution in [3.05, 3.63) is 36.5 Å². The lowest BCUT2D eigenvalue weighted by atomic mass is 9.72. The van der Waals surface area contributed by atoms with Crippen molar-refractivity contribution < 1.29 is 36.3 Å². The number of unbranched alkanes of at least 4 members (excludes halogenated alkanes) is 33. The molecule has 0 amide bonds. The molecular weight excluding hydrogens is 869 g/mol. The topological polar surface area (TPSA) is 124 Å². The largest absolute Gasteiger partial charge is 0.399 e. The summed E-state index contributed by atoms with van der Waals surface area (Å²) in [5, 5.41) is 9.20. The Labute approximate surface area is 420 Å². The summed E-state index contributed by atoms with van der Waals surface area (Å²) in [6.45, 7) is 4.94. The monoisotopic (exact) mass is 977 g/mol. The van der Waals surface area contributed by atoms with Crippen molar-refractivity contribution in [2.75, 3.05) is 19.8 Å². The van der Waals surface area contributed by atoms with E-state index < -0.39 is 47.2 Å². The van der Waals surface area contributed by atoms with Crippen LogP contribution < -0.4 is 0 Å². The minimum atomic E-state index is -4.62. The van der Waals surface area contributed by atoms with Crippen LogP contribution in [0, 0.1) is 5.41 Å². The summed E-state index contributed by atoms with van der Waals surface area (Å²) in [4.78, 5) is 42.4. The molecular formula is C59H108O8S. The second kappa shape index (κ2) is 50.0. The highest BCUT2D eigenvalue weighted by Gasteiger charge is 2.47. The Morgan fingerprint density at radius 2 is 0.676 bits per heavy atom. The first-order valence-electron chi connectivity index (χ1n) is 28.9. The second-order valence-corrected chi connectivity index (χ2v) is 21.2. The zero-order chi connectivity index (χ0) is 49.9. The summed E-state index contributed by atoms with van der Waals surface area (Å²) in [5.41, 5.74) is -1.89. The van der Waals surface area contributed by atoms with E-state index >= 15 is 0 Å². The third kappa shape index (κ3) is 41.8. The average Bonchev–Trinajstić information content (AvgIpc) is 3.33. The van der Waals surface area contributed by atoms with Crippen LogP contribution in [0.3, 0.4) is 0 Å². The van der Waals surface area contributed by atoms with Crippen molar-refractivity contribution in [1.29, 1.82) is 0 Å². The van der Waals surface area contributed by atoms with Gasteiger partial charge in [-0.15, -0.1) is 0 Å². The van der Waals surface area contributed by atoms with Crippen molar-refractivity contribution in [3.8, 4) is 0 Å². The lowest BCUT2D eigenvalue weighted by Crippen LogP contribution is -2.46. The molecule has 0 heterocycles. The number of ketones is 3. The van der Waals surface area contributed by atoms with Crippen LogP contribution in [0.1, 0.15) is 297 Å². The van der Waals surface area contributed by atoms with Gasteiger partial charge in [-0.2, -0.15) is 8.42 Å². The van der Waals surface area contributed by atoms with Gasteiger partial charge in [0.2, 0.25) is 0 Å². The van der Waals surface area contributed by atoms with Crippen LogP contribution in [0.5, 0.6) is 0 Å². The molecule has 0 aromatic carbocycles. The maximum atomic E-state index is 14.3. The van der Waals surface area contributed by atoms with E-state index in [1.165, 1.54) is 116 Å². The Hall–Kier alpha value is -1.94. The van der Waals surface area contributed by atoms with Gasteiger partial charge >= 0.3 is 10.4 Å². The molecule has 8 nitrogen and oxygen atoms in total. The molecule has 0 atom stereocenters. The molecule has 0 aromatic rings. The molecule has 0 rings (SSSR count). The van der Waals surface area contributed by atoms with Crippen LogP contribution in [0.2, 0.25) is 0 Å². The van der Waals surface area contributed by atoms with Crippen LogP contribution in [0.4, 0.5) is 0 Å². The number of aliphatic hydroxyl groups excluding tert-OH is 1. The molecule has 0 spiro atoms. The van der Waals surface area contributed by atoms with E-state index in [4.69, 9.17) is 8.37 Å². The highest BCUT2D eigenvalue weighted by molar-refractivity contribution is 7.81. The molecule has 0 bridgehead atoms.